The zero-order chi connectivity index (χ0) is 10.9. The van der Waals surface area contributed by atoms with Crippen LogP contribution in [0.15, 0.2) is 12.2 Å². The molecule has 0 aliphatic heterocycles. The Hall–Kier alpha value is -0.0500. The fraction of sp³-hybridized carbons (Fsp3) is 0.800. The molecule has 0 heterocycles. The zero-order valence-corrected chi connectivity index (χ0v) is 10.3. The van der Waals surface area contributed by atoms with Crippen molar-refractivity contribution in [3.63, 3.8) is 0 Å². The quantitative estimate of drug-likeness (QED) is 0.432. The first kappa shape index (κ1) is 15.4. The van der Waals surface area contributed by atoms with E-state index in [0.717, 1.165) is 18.5 Å². The van der Waals surface area contributed by atoms with Crippen molar-refractivity contribution in [1.29, 1.82) is 0 Å². The summed E-state index contributed by atoms with van der Waals surface area (Å²) in [7, 11) is 6.00. The van der Waals surface area contributed by atoms with Gasteiger partial charge in [0.2, 0.25) is 0 Å². The van der Waals surface area contributed by atoms with Gasteiger partial charge in [-0.1, -0.05) is 19.1 Å². The molecule has 1 unspecified atom stereocenters. The first-order chi connectivity index (χ1) is 5.90. The molecule has 0 fully saturated rings. The monoisotopic (exact) mass is 206 g/mol. The topological polar surface area (TPSA) is 15.3 Å². The Morgan fingerprint density at radius 1 is 1.46 bits per heavy atom. The van der Waals surface area contributed by atoms with Gasteiger partial charge in [0.25, 0.3) is 0 Å². The van der Waals surface area contributed by atoms with E-state index >= 15 is 0 Å². The minimum absolute atomic E-state index is 0.0988. The Morgan fingerprint density at radius 2 is 1.85 bits per heavy atom. The van der Waals surface area contributed by atoms with Gasteiger partial charge in [-0.15, -0.1) is 11.6 Å². The van der Waals surface area contributed by atoms with Crippen LogP contribution in [0.3, 0.4) is 0 Å². The van der Waals surface area contributed by atoms with Crippen LogP contribution in [0.1, 0.15) is 20.3 Å². The maximum atomic E-state index is 5.76. The number of nitrogens with one attached hydrogen (secondary N) is 1. The number of alkyl halides is 1. The predicted octanol–water partition coefficient (Wildman–Crippen LogP) is 2.30. The van der Waals surface area contributed by atoms with Crippen LogP contribution in [0.2, 0.25) is 0 Å². The van der Waals surface area contributed by atoms with E-state index in [1.807, 2.05) is 39.9 Å². The van der Waals surface area contributed by atoms with E-state index in [4.69, 9.17) is 11.6 Å². The van der Waals surface area contributed by atoms with E-state index in [0.29, 0.717) is 0 Å². The predicted molar refractivity (Wildman–Crippen MR) is 62.4 cm³/mol. The van der Waals surface area contributed by atoms with Crippen molar-refractivity contribution >= 4 is 11.6 Å². The molecule has 0 saturated carbocycles. The second kappa shape index (κ2) is 10.0. The van der Waals surface area contributed by atoms with Gasteiger partial charge in [0.15, 0.2) is 0 Å². The van der Waals surface area contributed by atoms with Gasteiger partial charge in [-0.05, 0) is 34.5 Å². The van der Waals surface area contributed by atoms with Gasteiger partial charge < -0.3 is 4.90 Å². The van der Waals surface area contributed by atoms with Gasteiger partial charge >= 0.3 is 0 Å². The van der Waals surface area contributed by atoms with E-state index in [1.54, 1.807) is 0 Å². The number of rotatable bonds is 4. The molecule has 0 aliphatic carbocycles. The van der Waals surface area contributed by atoms with Crippen molar-refractivity contribution in [3.05, 3.63) is 12.2 Å². The second-order valence-electron chi connectivity index (χ2n) is 3.56. The molecule has 1 atom stereocenters. The maximum absolute atomic E-state index is 5.76. The van der Waals surface area contributed by atoms with E-state index in [9.17, 15) is 0 Å². The molecule has 2 nitrogen and oxygen atoms in total. The van der Waals surface area contributed by atoms with Crippen LogP contribution < -0.4 is 5.32 Å². The number of hydrogen-bond donors (Lipinski definition) is 1. The summed E-state index contributed by atoms with van der Waals surface area (Å²) in [5.74, 6) is 0. The van der Waals surface area contributed by atoms with Crippen molar-refractivity contribution in [2.45, 2.75) is 25.8 Å². The largest absolute Gasteiger partial charge is 0.312 e. The normalized spacial score (nSPS) is 11.9. The van der Waals surface area contributed by atoms with Crippen molar-refractivity contribution < 1.29 is 0 Å². The summed E-state index contributed by atoms with van der Waals surface area (Å²) < 4.78 is 0. The smallest absolute Gasteiger partial charge is 0.0825 e. The van der Waals surface area contributed by atoms with Crippen LogP contribution in [-0.4, -0.2) is 38.1 Å². The molecule has 0 rings (SSSR count). The van der Waals surface area contributed by atoms with Crippen LogP contribution in [0.4, 0.5) is 0 Å². The van der Waals surface area contributed by atoms with Crippen molar-refractivity contribution in [2.75, 3.05) is 27.7 Å². The van der Waals surface area contributed by atoms with Gasteiger partial charge in [0, 0.05) is 6.54 Å². The highest BCUT2D eigenvalue weighted by molar-refractivity contribution is 6.20. The molecule has 3 heteroatoms. The lowest BCUT2D eigenvalue weighted by Gasteiger charge is -2.07. The molecule has 0 saturated heterocycles. The third kappa shape index (κ3) is 24.5. The highest BCUT2D eigenvalue weighted by Crippen LogP contribution is 1.96. The van der Waals surface area contributed by atoms with E-state index in [2.05, 4.69) is 11.9 Å². The van der Waals surface area contributed by atoms with Crippen LogP contribution in [0, 0.1) is 0 Å². The third-order valence-electron chi connectivity index (χ3n) is 0.984. The first-order valence-electron chi connectivity index (χ1n) is 4.52. The lowest BCUT2D eigenvalue weighted by Crippen LogP contribution is -2.24. The van der Waals surface area contributed by atoms with Crippen LogP contribution in [-0.2, 0) is 0 Å². The summed E-state index contributed by atoms with van der Waals surface area (Å²) in [5.41, 5.74) is 1.22. The average Bonchev–Trinajstić information content (AvgIpc) is 1.99. The summed E-state index contributed by atoms with van der Waals surface area (Å²) in [6.07, 6.45) is 0.953. The summed E-state index contributed by atoms with van der Waals surface area (Å²) >= 11 is 5.76. The molecule has 0 aliphatic rings. The molecule has 0 amide bonds. The number of hydrogen-bond acceptors (Lipinski definition) is 2. The number of halogens is 1. The van der Waals surface area contributed by atoms with Crippen molar-refractivity contribution in [3.8, 4) is 0 Å². The molecule has 0 aromatic heterocycles. The third-order valence-corrected chi connectivity index (χ3v) is 1.45. The average molecular weight is 207 g/mol. The zero-order valence-electron chi connectivity index (χ0n) is 9.52. The SMILES string of the molecule is C=C(C)CNC(Cl)CC.CN(C)C. The molecule has 13 heavy (non-hydrogen) atoms. The Bertz CT molecular complexity index is 121. The molecule has 1 N–H and O–H groups in total. The molecule has 0 spiro atoms. The molecule has 0 aromatic rings. The lowest BCUT2D eigenvalue weighted by atomic mass is 10.3. The number of nitrogens with zero attached hydrogens (tertiary/aromatic N) is 1. The Kier molecular flexibility index (Phi) is 11.9. The Morgan fingerprint density at radius 3 is 2.08 bits per heavy atom. The van der Waals surface area contributed by atoms with E-state index in [1.165, 1.54) is 0 Å². The molecular formula is C10H23ClN2. The minimum atomic E-state index is 0.0988. The Balaban J connectivity index is 0. The second-order valence-corrected chi connectivity index (χ2v) is 4.08. The fourth-order valence-electron chi connectivity index (χ4n) is 0.429. The van der Waals surface area contributed by atoms with Gasteiger partial charge in [0.1, 0.15) is 0 Å². The minimum Gasteiger partial charge on any atom is -0.312 e. The molecule has 0 radical (unpaired) electrons. The van der Waals surface area contributed by atoms with Crippen LogP contribution in [0.5, 0.6) is 0 Å². The standard InChI is InChI=1S/C7H14ClN.C3H9N/c1-4-7(8)9-5-6(2)3;1-4(2)3/h7,9H,2,4-5H2,1,3H3;1-3H3. The first-order valence-corrected chi connectivity index (χ1v) is 4.96. The molecular weight excluding hydrogens is 184 g/mol. The van der Waals surface area contributed by atoms with Gasteiger partial charge in [-0.25, -0.2) is 0 Å². The molecule has 0 aromatic carbocycles. The van der Waals surface area contributed by atoms with E-state index in [-0.39, 0.29) is 5.50 Å². The summed E-state index contributed by atoms with van der Waals surface area (Å²) in [6.45, 7) is 8.58. The molecule has 80 valence electrons. The highest BCUT2D eigenvalue weighted by atomic mass is 35.5. The Labute approximate surface area is 88.0 Å². The highest BCUT2D eigenvalue weighted by Gasteiger charge is 1.96. The maximum Gasteiger partial charge on any atom is 0.0825 e. The van der Waals surface area contributed by atoms with Crippen molar-refractivity contribution in [1.82, 2.24) is 10.2 Å². The van der Waals surface area contributed by atoms with Gasteiger partial charge in [-0.3, -0.25) is 5.32 Å². The van der Waals surface area contributed by atoms with Crippen LogP contribution in [0.25, 0.3) is 0 Å². The van der Waals surface area contributed by atoms with Crippen molar-refractivity contribution in [2.24, 2.45) is 0 Å². The summed E-state index contributed by atoms with van der Waals surface area (Å²) in [4.78, 5) is 2.00. The fourth-order valence-corrected chi connectivity index (χ4v) is 0.506. The van der Waals surface area contributed by atoms with Gasteiger partial charge in [0.05, 0.1) is 5.50 Å². The summed E-state index contributed by atoms with van der Waals surface area (Å²) in [5, 5.41) is 3.10. The van der Waals surface area contributed by atoms with E-state index < -0.39 is 0 Å². The molecule has 0 bridgehead atoms. The summed E-state index contributed by atoms with van der Waals surface area (Å²) in [6, 6.07) is 0. The van der Waals surface area contributed by atoms with Gasteiger partial charge in [-0.2, -0.15) is 0 Å². The lowest BCUT2D eigenvalue weighted by molar-refractivity contribution is 0.505. The van der Waals surface area contributed by atoms with Crippen LogP contribution >= 0.6 is 11.6 Å².